The lowest BCUT2D eigenvalue weighted by atomic mass is 10.0. The summed E-state index contributed by atoms with van der Waals surface area (Å²) in [6, 6.07) is 21.1. The van der Waals surface area contributed by atoms with Crippen LogP contribution in [0.5, 0.6) is 5.75 Å². The van der Waals surface area contributed by atoms with Crippen molar-refractivity contribution in [3.05, 3.63) is 97.6 Å². The zero-order valence-electron chi connectivity index (χ0n) is 22.6. The first-order valence-electron chi connectivity index (χ1n) is 12.9. The number of carbonyl (C=O) groups excluding carboxylic acids is 1. The minimum Gasteiger partial charge on any atom is -0.492 e. The highest BCUT2D eigenvalue weighted by molar-refractivity contribution is 9.10. The van der Waals surface area contributed by atoms with Crippen LogP contribution in [0.15, 0.2) is 81.2 Å². The van der Waals surface area contributed by atoms with E-state index in [9.17, 15) is 9.59 Å². The largest absolute Gasteiger partial charge is 0.492 e. The molecule has 0 radical (unpaired) electrons. The molecule has 4 aromatic rings. The van der Waals surface area contributed by atoms with E-state index in [0.29, 0.717) is 44.2 Å². The highest BCUT2D eigenvalue weighted by atomic mass is 79.9. The Morgan fingerprint density at radius 2 is 1.80 bits per heavy atom. The first-order valence-corrected chi connectivity index (χ1v) is 14.5. The van der Waals surface area contributed by atoms with E-state index in [0.717, 1.165) is 31.4 Å². The summed E-state index contributed by atoms with van der Waals surface area (Å²) < 4.78 is 20.1. The Kier molecular flexibility index (Phi) is 10.5. The van der Waals surface area contributed by atoms with Gasteiger partial charge in [-0.05, 0) is 55.8 Å². The number of ether oxygens (including phenoxy) is 3. The predicted octanol–water partition coefficient (Wildman–Crippen LogP) is 5.81. The number of oxime groups is 1. The van der Waals surface area contributed by atoms with Crippen LogP contribution < -0.4 is 9.61 Å². The molecule has 210 valence electrons. The number of rotatable bonds is 13. The summed E-state index contributed by atoms with van der Waals surface area (Å²) in [5.74, 6) is 0.317. The van der Waals surface area contributed by atoms with Crippen LogP contribution in [-0.4, -0.2) is 49.3 Å². The van der Waals surface area contributed by atoms with E-state index in [1.165, 1.54) is 18.4 Å². The normalized spacial score (nSPS) is 12.3. The number of hydrogen-bond acceptors (Lipinski definition) is 8. The average Bonchev–Trinajstić information content (AvgIpc) is 3.26. The van der Waals surface area contributed by atoms with Crippen molar-refractivity contribution in [3.63, 3.8) is 0 Å². The minimum atomic E-state index is -0.637. The molecule has 3 aromatic carbocycles. The molecule has 40 heavy (non-hydrogen) atoms. The molecule has 0 amide bonds. The van der Waals surface area contributed by atoms with Crippen LogP contribution in [0.25, 0.3) is 10.2 Å². The van der Waals surface area contributed by atoms with E-state index < -0.39 is 6.10 Å². The van der Waals surface area contributed by atoms with Crippen molar-refractivity contribution >= 4 is 49.2 Å². The monoisotopic (exact) mass is 626 g/mol. The Labute approximate surface area is 245 Å². The van der Waals surface area contributed by atoms with E-state index in [1.807, 2.05) is 73.7 Å². The first kappa shape index (κ1) is 29.5. The number of nitrogens with zero attached hydrogens (tertiary/aromatic N) is 2. The summed E-state index contributed by atoms with van der Waals surface area (Å²) in [7, 11) is 1.51. The van der Waals surface area contributed by atoms with Crippen LogP contribution in [-0.2, 0) is 32.1 Å². The molecule has 1 atom stereocenters. The van der Waals surface area contributed by atoms with Crippen LogP contribution in [0, 0.1) is 0 Å². The second kappa shape index (κ2) is 14.2. The molecule has 4 rings (SSSR count). The van der Waals surface area contributed by atoms with Crippen LogP contribution in [0.1, 0.15) is 30.5 Å². The molecule has 0 saturated carbocycles. The Balaban J connectivity index is 1.42. The van der Waals surface area contributed by atoms with E-state index in [1.54, 1.807) is 11.5 Å². The lowest BCUT2D eigenvalue weighted by molar-refractivity contribution is -0.156. The minimum absolute atomic E-state index is 0.0558. The summed E-state index contributed by atoms with van der Waals surface area (Å²) in [6.07, 6.45) is -0.216. The van der Waals surface area contributed by atoms with Gasteiger partial charge in [0.25, 0.3) is 0 Å². The van der Waals surface area contributed by atoms with Crippen molar-refractivity contribution in [2.75, 3.05) is 26.9 Å². The van der Waals surface area contributed by atoms with E-state index in [4.69, 9.17) is 19.0 Å². The number of halogens is 1. The smallest absolute Gasteiger partial charge is 0.335 e. The van der Waals surface area contributed by atoms with Gasteiger partial charge in [0.05, 0.1) is 23.4 Å². The number of aromatic nitrogens is 1. The number of benzene rings is 3. The second-order valence-electron chi connectivity index (χ2n) is 8.73. The first-order chi connectivity index (χ1) is 19.4. The second-order valence-corrected chi connectivity index (χ2v) is 10.6. The van der Waals surface area contributed by atoms with Gasteiger partial charge in [-0.3, -0.25) is 9.36 Å². The van der Waals surface area contributed by atoms with Crippen LogP contribution in [0.4, 0.5) is 0 Å². The summed E-state index contributed by atoms with van der Waals surface area (Å²) in [5, 5.41) is 4.24. The Morgan fingerprint density at radius 1 is 1.02 bits per heavy atom. The third-order valence-electron chi connectivity index (χ3n) is 6.07. The SMILES string of the molecule is CCOC(=O)C(Cc1ccc(OCCn2c(=O)sc3cc(C(=NOC)c4cccc(Br)c4)ccc32)cc1)OCC. The van der Waals surface area contributed by atoms with Crippen LogP contribution in [0.2, 0.25) is 0 Å². The molecular weight excluding hydrogens is 596 g/mol. The number of hydrogen-bond donors (Lipinski definition) is 0. The van der Waals surface area contributed by atoms with Gasteiger partial charge in [0.15, 0.2) is 6.10 Å². The van der Waals surface area contributed by atoms with Crippen molar-refractivity contribution in [3.8, 4) is 5.75 Å². The van der Waals surface area contributed by atoms with Gasteiger partial charge in [-0.15, -0.1) is 0 Å². The van der Waals surface area contributed by atoms with Gasteiger partial charge >= 0.3 is 10.8 Å². The maximum absolute atomic E-state index is 12.8. The van der Waals surface area contributed by atoms with Gasteiger partial charge in [-0.2, -0.15) is 0 Å². The van der Waals surface area contributed by atoms with Gasteiger partial charge in [0.2, 0.25) is 0 Å². The molecule has 0 spiro atoms. The van der Waals surface area contributed by atoms with Gasteiger partial charge in [0, 0.05) is 28.6 Å². The summed E-state index contributed by atoms with van der Waals surface area (Å²) >= 11 is 4.69. The van der Waals surface area contributed by atoms with Gasteiger partial charge in [0.1, 0.15) is 25.2 Å². The van der Waals surface area contributed by atoms with Gasteiger partial charge < -0.3 is 19.0 Å². The topological polar surface area (TPSA) is 88.4 Å². The molecule has 0 fully saturated rings. The lowest BCUT2D eigenvalue weighted by Gasteiger charge is -2.16. The fourth-order valence-electron chi connectivity index (χ4n) is 4.26. The molecule has 0 bridgehead atoms. The molecule has 0 aliphatic carbocycles. The highest BCUT2D eigenvalue weighted by Crippen LogP contribution is 2.23. The van der Waals surface area contributed by atoms with Crippen molar-refractivity contribution < 1.29 is 23.8 Å². The van der Waals surface area contributed by atoms with Crippen molar-refractivity contribution in [1.29, 1.82) is 0 Å². The number of fused-ring (bicyclic) bond motifs is 1. The molecule has 0 N–H and O–H groups in total. The summed E-state index contributed by atoms with van der Waals surface area (Å²) in [4.78, 5) is 30.0. The molecule has 1 aromatic heterocycles. The van der Waals surface area contributed by atoms with E-state index >= 15 is 0 Å². The van der Waals surface area contributed by atoms with Crippen LogP contribution in [0.3, 0.4) is 0 Å². The molecule has 0 aliphatic rings. The zero-order chi connectivity index (χ0) is 28.5. The lowest BCUT2D eigenvalue weighted by Crippen LogP contribution is -2.28. The third kappa shape index (κ3) is 7.38. The van der Waals surface area contributed by atoms with E-state index in [-0.39, 0.29) is 10.8 Å². The highest BCUT2D eigenvalue weighted by Gasteiger charge is 2.20. The van der Waals surface area contributed by atoms with Crippen LogP contribution >= 0.6 is 27.3 Å². The Morgan fingerprint density at radius 3 is 2.50 bits per heavy atom. The van der Waals surface area contributed by atoms with Gasteiger partial charge in [-0.1, -0.05) is 62.8 Å². The standard InChI is InChI=1S/C30H31BrN2O6S/c1-4-37-26(29(34)38-5-2)17-20-9-12-24(13-10-20)39-16-15-33-25-14-11-22(19-27(25)40-30(33)35)28(32-36-3)21-7-6-8-23(31)18-21/h6-14,18-19,26H,4-5,15-17H2,1-3H3. The maximum atomic E-state index is 12.8. The average molecular weight is 628 g/mol. The predicted molar refractivity (Wildman–Crippen MR) is 161 cm³/mol. The number of thiazole rings is 1. The zero-order valence-corrected chi connectivity index (χ0v) is 25.0. The van der Waals surface area contributed by atoms with Crippen molar-refractivity contribution in [1.82, 2.24) is 4.57 Å². The molecule has 1 unspecified atom stereocenters. The fourth-order valence-corrected chi connectivity index (χ4v) is 5.62. The van der Waals surface area contributed by atoms with Crippen molar-refractivity contribution in [2.45, 2.75) is 32.9 Å². The van der Waals surface area contributed by atoms with Gasteiger partial charge in [-0.25, -0.2) is 4.79 Å². The summed E-state index contributed by atoms with van der Waals surface area (Å²) in [5.41, 5.74) is 4.21. The molecule has 0 saturated heterocycles. The van der Waals surface area contributed by atoms with Crippen molar-refractivity contribution in [2.24, 2.45) is 5.16 Å². The number of carbonyl (C=O) groups is 1. The Bertz CT molecular complexity index is 1530. The molecular formula is C30H31BrN2O6S. The number of esters is 1. The fraction of sp³-hybridized carbons (Fsp3) is 0.300. The molecule has 1 heterocycles. The quantitative estimate of drug-likeness (QED) is 0.106. The summed E-state index contributed by atoms with van der Waals surface area (Å²) in [6.45, 7) is 5.09. The molecule has 10 heteroatoms. The molecule has 0 aliphatic heterocycles. The Hall–Kier alpha value is -3.47. The molecule has 8 nitrogen and oxygen atoms in total. The van der Waals surface area contributed by atoms with E-state index in [2.05, 4.69) is 21.1 Å². The third-order valence-corrected chi connectivity index (χ3v) is 7.50. The maximum Gasteiger partial charge on any atom is 0.335 e.